The molecule has 4 unspecified atom stereocenters. The summed E-state index contributed by atoms with van der Waals surface area (Å²) >= 11 is 0. The number of aromatic amines is 2. The number of likely N-dealkylation sites (tertiary alicyclic amines) is 2. The zero-order valence-corrected chi connectivity index (χ0v) is 34.6. The number of imidazole rings is 2. The van der Waals surface area contributed by atoms with Crippen LogP contribution < -0.4 is 5.32 Å². The maximum Gasteiger partial charge on any atom is 0.250 e. The number of nitrogens with one attached hydrogen (secondary N) is 3. The topological polar surface area (TPSA) is 130 Å². The van der Waals surface area contributed by atoms with Gasteiger partial charge in [-0.2, -0.15) is 0 Å². The Bertz CT molecular complexity index is 2550. The van der Waals surface area contributed by atoms with Gasteiger partial charge in [-0.1, -0.05) is 96.8 Å². The molecule has 3 amide bonds. The van der Waals surface area contributed by atoms with Gasteiger partial charge in [0.2, 0.25) is 17.7 Å². The first-order valence-electron chi connectivity index (χ1n) is 21.3. The number of likely N-dealkylation sites (N-methyl/N-ethyl adjacent to an activating group) is 1. The molecule has 6 aromatic rings. The van der Waals surface area contributed by atoms with Crippen LogP contribution in [0.4, 0.5) is 0 Å². The van der Waals surface area contributed by atoms with Crippen molar-refractivity contribution in [3.8, 4) is 34.4 Å². The molecule has 2 saturated heterocycles. The minimum atomic E-state index is -0.726. The van der Waals surface area contributed by atoms with Crippen molar-refractivity contribution >= 4 is 17.7 Å². The molecule has 0 radical (unpaired) electrons. The fourth-order valence-electron chi connectivity index (χ4n) is 8.70. The maximum absolute atomic E-state index is 14.1. The molecule has 2 aromatic heterocycles. The van der Waals surface area contributed by atoms with Crippen molar-refractivity contribution in [2.45, 2.75) is 62.7 Å². The average Bonchev–Trinajstić information content (AvgIpc) is 3.73. The minimum Gasteiger partial charge on any atom is -0.340 e. The molecular weight excluding hydrogens is 761 g/mol. The van der Waals surface area contributed by atoms with Gasteiger partial charge in [-0.05, 0) is 99.1 Å². The van der Waals surface area contributed by atoms with Crippen LogP contribution in [0.3, 0.4) is 0 Å². The molecule has 9 rings (SSSR count). The lowest BCUT2D eigenvalue weighted by Crippen LogP contribution is -2.43. The predicted octanol–water partition coefficient (Wildman–Crippen LogP) is 7.76. The molecule has 3 fully saturated rings. The van der Waals surface area contributed by atoms with Gasteiger partial charge in [0.25, 0.3) is 0 Å². The number of aromatic nitrogens is 4. The van der Waals surface area contributed by atoms with Crippen molar-refractivity contribution in [1.82, 2.24) is 40.0 Å². The Morgan fingerprint density at radius 1 is 0.639 bits per heavy atom. The largest absolute Gasteiger partial charge is 0.340 e. The standard InChI is InChI=1S/C50H50N8O3/c1-56(2)45(38-13-7-4-8-14-38)50(61)58-30-10-16-43(58)47-52-32-41(54-47)36-25-21-34(22-26-36)18-17-33-19-23-35(24-20-33)40-31-51-46(53-40)42-15-9-29-57(42)49(60)44(37-11-5-3-6-12-37)55-48(59)39-27-28-39/h3-8,11-14,19-26,31-32,39,42-45H,9-10,15-16,27-30H2,1-2H3,(H,51,53)(H,52,54)(H,55,59). The summed E-state index contributed by atoms with van der Waals surface area (Å²) in [7, 11) is 3.90. The van der Waals surface area contributed by atoms with Gasteiger partial charge in [-0.3, -0.25) is 19.3 Å². The van der Waals surface area contributed by atoms with E-state index in [1.54, 1.807) is 0 Å². The van der Waals surface area contributed by atoms with Crippen molar-refractivity contribution in [1.29, 1.82) is 0 Å². The summed E-state index contributed by atoms with van der Waals surface area (Å²) in [4.78, 5) is 63.1. The zero-order chi connectivity index (χ0) is 41.9. The van der Waals surface area contributed by atoms with E-state index in [1.165, 1.54) is 0 Å². The Kier molecular flexibility index (Phi) is 11.3. The second-order valence-electron chi connectivity index (χ2n) is 16.6. The first-order chi connectivity index (χ1) is 29.8. The van der Waals surface area contributed by atoms with Crippen molar-refractivity contribution in [2.75, 3.05) is 27.2 Å². The maximum atomic E-state index is 14.1. The van der Waals surface area contributed by atoms with E-state index >= 15 is 0 Å². The van der Waals surface area contributed by atoms with Crippen LogP contribution >= 0.6 is 0 Å². The quantitative estimate of drug-likeness (QED) is 0.115. The number of amides is 3. The highest BCUT2D eigenvalue weighted by Gasteiger charge is 2.40. The highest BCUT2D eigenvalue weighted by molar-refractivity contribution is 5.90. The van der Waals surface area contributed by atoms with Gasteiger partial charge in [0.05, 0.1) is 35.9 Å². The highest BCUT2D eigenvalue weighted by atomic mass is 16.2. The predicted molar refractivity (Wildman–Crippen MR) is 234 cm³/mol. The van der Waals surface area contributed by atoms with E-state index in [9.17, 15) is 14.4 Å². The Morgan fingerprint density at radius 2 is 1.11 bits per heavy atom. The van der Waals surface area contributed by atoms with Gasteiger partial charge in [0, 0.05) is 30.1 Å². The van der Waals surface area contributed by atoms with Crippen LogP contribution in [0, 0.1) is 17.8 Å². The van der Waals surface area contributed by atoms with E-state index in [2.05, 4.69) is 27.1 Å². The summed E-state index contributed by atoms with van der Waals surface area (Å²) in [5, 5.41) is 3.05. The molecule has 3 N–H and O–H groups in total. The summed E-state index contributed by atoms with van der Waals surface area (Å²) in [6.07, 6.45) is 8.88. The van der Waals surface area contributed by atoms with Crippen molar-refractivity contribution in [3.05, 3.63) is 155 Å². The third kappa shape index (κ3) is 8.63. The SMILES string of the molecule is CN(C)C(C(=O)N1CCCC1c1ncc(-c2ccc(C#Cc3ccc(-c4cnc(C5CCCN5C(=O)C(NC(=O)C5CC5)c5ccccc5)[nH]4)cc3)cc2)[nH]1)c1ccccc1. The van der Waals surface area contributed by atoms with E-state index in [0.29, 0.717) is 13.1 Å². The Hall–Kier alpha value is -6.77. The molecule has 1 aliphatic carbocycles. The van der Waals surface area contributed by atoms with Gasteiger partial charge in [0.15, 0.2) is 0 Å². The number of carbonyl (C=O) groups is 3. The van der Waals surface area contributed by atoms with Gasteiger partial charge >= 0.3 is 0 Å². The van der Waals surface area contributed by atoms with Crippen molar-refractivity contribution in [2.24, 2.45) is 5.92 Å². The lowest BCUT2D eigenvalue weighted by molar-refractivity contribution is -0.138. The van der Waals surface area contributed by atoms with Gasteiger partial charge in [-0.15, -0.1) is 0 Å². The molecule has 3 aliphatic rings. The van der Waals surface area contributed by atoms with Crippen LogP contribution in [0.1, 0.15) is 96.6 Å². The van der Waals surface area contributed by atoms with Crippen LogP contribution in [0.5, 0.6) is 0 Å². The Labute approximate surface area is 356 Å². The summed E-state index contributed by atoms with van der Waals surface area (Å²) in [6, 6.07) is 34.2. The molecule has 4 aromatic carbocycles. The molecule has 4 atom stereocenters. The molecule has 11 heteroatoms. The number of H-pyrrole nitrogens is 2. The monoisotopic (exact) mass is 810 g/mol. The van der Waals surface area contributed by atoms with Crippen LogP contribution in [0.2, 0.25) is 0 Å². The molecule has 61 heavy (non-hydrogen) atoms. The third-order valence-electron chi connectivity index (χ3n) is 12.1. The van der Waals surface area contributed by atoms with Crippen LogP contribution in [-0.4, -0.2) is 79.5 Å². The summed E-state index contributed by atoms with van der Waals surface area (Å²) in [5.74, 6) is 8.08. The number of rotatable bonds is 11. The number of nitrogens with zero attached hydrogens (tertiary/aromatic N) is 5. The summed E-state index contributed by atoms with van der Waals surface area (Å²) in [6.45, 7) is 1.32. The smallest absolute Gasteiger partial charge is 0.250 e. The first kappa shape index (κ1) is 39.7. The average molecular weight is 811 g/mol. The lowest BCUT2D eigenvalue weighted by atomic mass is 10.0. The van der Waals surface area contributed by atoms with E-state index in [0.717, 1.165) is 94.9 Å². The van der Waals surface area contributed by atoms with E-state index in [-0.39, 0.29) is 41.8 Å². The first-order valence-corrected chi connectivity index (χ1v) is 21.3. The van der Waals surface area contributed by atoms with Crippen LogP contribution in [-0.2, 0) is 14.4 Å². The highest BCUT2D eigenvalue weighted by Crippen LogP contribution is 2.37. The second-order valence-corrected chi connectivity index (χ2v) is 16.6. The van der Waals surface area contributed by atoms with Crippen molar-refractivity contribution < 1.29 is 14.4 Å². The summed E-state index contributed by atoms with van der Waals surface area (Å²) < 4.78 is 0. The third-order valence-corrected chi connectivity index (χ3v) is 12.1. The fraction of sp³-hybridized carbons (Fsp3) is 0.300. The van der Waals surface area contributed by atoms with Crippen molar-refractivity contribution in [3.63, 3.8) is 0 Å². The lowest BCUT2D eigenvalue weighted by Gasteiger charge is -2.31. The van der Waals surface area contributed by atoms with E-state index in [4.69, 9.17) is 9.97 Å². The molecule has 11 nitrogen and oxygen atoms in total. The van der Waals surface area contributed by atoms with E-state index in [1.807, 2.05) is 150 Å². The van der Waals surface area contributed by atoms with Gasteiger partial charge < -0.3 is 25.1 Å². The Balaban J connectivity index is 0.833. The Morgan fingerprint density at radius 3 is 1.59 bits per heavy atom. The molecule has 2 aliphatic heterocycles. The molecule has 0 bridgehead atoms. The molecule has 0 spiro atoms. The number of benzene rings is 4. The number of carbonyl (C=O) groups excluding carboxylic acids is 3. The van der Waals surface area contributed by atoms with Gasteiger partial charge in [0.1, 0.15) is 23.7 Å². The van der Waals surface area contributed by atoms with Crippen LogP contribution in [0.25, 0.3) is 22.5 Å². The summed E-state index contributed by atoms with van der Waals surface area (Å²) in [5.41, 5.74) is 7.30. The normalized spacial score (nSPS) is 18.4. The minimum absolute atomic E-state index is 0.00517. The number of hydrogen-bond donors (Lipinski definition) is 3. The van der Waals surface area contributed by atoms with E-state index < -0.39 is 6.04 Å². The molecular formula is C50H50N8O3. The van der Waals surface area contributed by atoms with Gasteiger partial charge in [-0.25, -0.2) is 9.97 Å². The number of hydrogen-bond acceptors (Lipinski definition) is 6. The fourth-order valence-corrected chi connectivity index (χ4v) is 8.70. The molecule has 4 heterocycles. The van der Waals surface area contributed by atoms with Crippen LogP contribution in [0.15, 0.2) is 122 Å². The molecule has 1 saturated carbocycles. The second kappa shape index (κ2) is 17.4. The molecule has 308 valence electrons. The zero-order valence-electron chi connectivity index (χ0n) is 34.6.